The van der Waals surface area contributed by atoms with E-state index in [4.69, 9.17) is 4.98 Å². The van der Waals surface area contributed by atoms with Crippen LogP contribution in [0.4, 0.5) is 0 Å². The second kappa shape index (κ2) is 5.57. The van der Waals surface area contributed by atoms with Crippen molar-refractivity contribution in [1.29, 1.82) is 0 Å². The SMILES string of the molecule is CC(C)(C)c1nc2ccccn2c1SCc1ccccc1. The third-order valence-electron chi connectivity index (χ3n) is 3.41. The second-order valence-corrected chi connectivity index (χ2v) is 7.18. The minimum Gasteiger partial charge on any atom is -0.294 e. The lowest BCUT2D eigenvalue weighted by molar-refractivity contribution is 0.558. The average molecular weight is 296 g/mol. The van der Waals surface area contributed by atoms with Crippen LogP contribution in [0.2, 0.25) is 0 Å². The van der Waals surface area contributed by atoms with Gasteiger partial charge in [-0.3, -0.25) is 4.40 Å². The molecule has 1 aromatic carbocycles. The Balaban J connectivity index is 1.99. The highest BCUT2D eigenvalue weighted by Gasteiger charge is 2.23. The highest BCUT2D eigenvalue weighted by Crippen LogP contribution is 2.34. The molecular formula is C18H20N2S. The van der Waals surface area contributed by atoms with Crippen LogP contribution in [0.5, 0.6) is 0 Å². The molecular weight excluding hydrogens is 276 g/mol. The lowest BCUT2D eigenvalue weighted by atomic mass is 9.93. The van der Waals surface area contributed by atoms with Crippen LogP contribution in [0, 0.1) is 0 Å². The molecule has 3 aromatic rings. The highest BCUT2D eigenvalue weighted by molar-refractivity contribution is 7.98. The van der Waals surface area contributed by atoms with Gasteiger partial charge in [0.1, 0.15) is 10.7 Å². The van der Waals surface area contributed by atoms with Crippen molar-refractivity contribution in [3.05, 3.63) is 66.0 Å². The summed E-state index contributed by atoms with van der Waals surface area (Å²) in [4.78, 5) is 4.84. The maximum Gasteiger partial charge on any atom is 0.137 e. The molecule has 3 rings (SSSR count). The summed E-state index contributed by atoms with van der Waals surface area (Å²) in [6.07, 6.45) is 2.10. The van der Waals surface area contributed by atoms with E-state index in [0.717, 1.165) is 11.4 Å². The van der Waals surface area contributed by atoms with Crippen LogP contribution in [0.25, 0.3) is 5.65 Å². The molecule has 0 aliphatic carbocycles. The van der Waals surface area contributed by atoms with E-state index in [1.165, 1.54) is 16.3 Å². The van der Waals surface area contributed by atoms with Crippen LogP contribution in [0.3, 0.4) is 0 Å². The molecule has 0 saturated carbocycles. The zero-order valence-corrected chi connectivity index (χ0v) is 13.5. The lowest BCUT2D eigenvalue weighted by Gasteiger charge is -2.17. The summed E-state index contributed by atoms with van der Waals surface area (Å²) in [5, 5.41) is 1.25. The van der Waals surface area contributed by atoms with Gasteiger partial charge in [-0.05, 0) is 17.7 Å². The van der Waals surface area contributed by atoms with Crippen molar-refractivity contribution >= 4 is 17.4 Å². The summed E-state index contributed by atoms with van der Waals surface area (Å²) in [6.45, 7) is 6.67. The van der Waals surface area contributed by atoms with E-state index in [1.54, 1.807) is 0 Å². The molecule has 2 nitrogen and oxygen atoms in total. The molecule has 21 heavy (non-hydrogen) atoms. The molecule has 0 aliphatic heterocycles. The molecule has 0 fully saturated rings. The zero-order chi connectivity index (χ0) is 14.9. The fraction of sp³-hybridized carbons (Fsp3) is 0.278. The predicted octanol–water partition coefficient (Wildman–Crippen LogP) is 4.92. The molecule has 0 atom stereocenters. The van der Waals surface area contributed by atoms with Gasteiger partial charge in [0.2, 0.25) is 0 Å². The average Bonchev–Trinajstić information content (AvgIpc) is 2.85. The number of pyridine rings is 1. The van der Waals surface area contributed by atoms with Crippen molar-refractivity contribution in [3.63, 3.8) is 0 Å². The Morgan fingerprint density at radius 3 is 2.43 bits per heavy atom. The van der Waals surface area contributed by atoms with Crippen molar-refractivity contribution in [2.75, 3.05) is 0 Å². The van der Waals surface area contributed by atoms with Gasteiger partial charge in [0.15, 0.2) is 0 Å². The zero-order valence-electron chi connectivity index (χ0n) is 12.7. The molecule has 0 saturated heterocycles. The first-order valence-corrected chi connectivity index (χ1v) is 8.18. The van der Waals surface area contributed by atoms with Gasteiger partial charge >= 0.3 is 0 Å². The highest BCUT2D eigenvalue weighted by atomic mass is 32.2. The molecule has 0 unspecified atom stereocenters. The summed E-state index contributed by atoms with van der Waals surface area (Å²) >= 11 is 1.86. The van der Waals surface area contributed by atoms with E-state index >= 15 is 0 Å². The molecule has 3 heteroatoms. The van der Waals surface area contributed by atoms with E-state index in [2.05, 4.69) is 73.8 Å². The summed E-state index contributed by atoms with van der Waals surface area (Å²) in [5.41, 5.74) is 3.59. The predicted molar refractivity (Wildman–Crippen MR) is 89.9 cm³/mol. The van der Waals surface area contributed by atoms with Gasteiger partial charge in [-0.2, -0.15) is 0 Å². The van der Waals surface area contributed by atoms with Gasteiger partial charge in [0, 0.05) is 17.4 Å². The number of rotatable bonds is 3. The van der Waals surface area contributed by atoms with E-state index < -0.39 is 0 Å². The topological polar surface area (TPSA) is 17.3 Å². The third-order valence-corrected chi connectivity index (χ3v) is 4.56. The van der Waals surface area contributed by atoms with E-state index in [-0.39, 0.29) is 5.41 Å². The maximum absolute atomic E-state index is 4.84. The van der Waals surface area contributed by atoms with Crippen LogP contribution in [0.15, 0.2) is 59.8 Å². The Kier molecular flexibility index (Phi) is 3.77. The normalized spacial score (nSPS) is 12.0. The molecule has 0 aliphatic rings. The number of hydrogen-bond donors (Lipinski definition) is 0. The largest absolute Gasteiger partial charge is 0.294 e. The van der Waals surface area contributed by atoms with Crippen molar-refractivity contribution in [3.8, 4) is 0 Å². The monoisotopic (exact) mass is 296 g/mol. The van der Waals surface area contributed by atoms with Gasteiger partial charge in [-0.15, -0.1) is 11.8 Å². The molecule has 0 N–H and O–H groups in total. The van der Waals surface area contributed by atoms with Crippen LogP contribution in [-0.2, 0) is 11.2 Å². The van der Waals surface area contributed by atoms with Crippen LogP contribution < -0.4 is 0 Å². The number of imidazole rings is 1. The number of benzene rings is 1. The second-order valence-electron chi connectivity index (χ2n) is 6.22. The standard InChI is InChI=1S/C18H20N2S/c1-18(2,3)16-17(20-12-8-7-11-15(20)19-16)21-13-14-9-5-4-6-10-14/h4-12H,13H2,1-3H3. The number of nitrogens with zero attached hydrogens (tertiary/aromatic N) is 2. The van der Waals surface area contributed by atoms with E-state index in [1.807, 2.05) is 17.8 Å². The number of thioether (sulfide) groups is 1. The lowest BCUT2D eigenvalue weighted by Crippen LogP contribution is -2.13. The smallest absolute Gasteiger partial charge is 0.137 e. The maximum atomic E-state index is 4.84. The minimum atomic E-state index is 0.0467. The Hall–Kier alpha value is -1.74. The Bertz CT molecular complexity index is 739. The molecule has 2 heterocycles. The van der Waals surface area contributed by atoms with E-state index in [9.17, 15) is 0 Å². The first kappa shape index (κ1) is 14.2. The van der Waals surface area contributed by atoms with Crippen LogP contribution >= 0.6 is 11.8 Å². The quantitative estimate of drug-likeness (QED) is 0.638. The minimum absolute atomic E-state index is 0.0467. The Labute approximate surface area is 130 Å². The van der Waals surface area contributed by atoms with Crippen molar-refractivity contribution in [2.24, 2.45) is 0 Å². The first-order chi connectivity index (χ1) is 10.1. The summed E-state index contributed by atoms with van der Waals surface area (Å²) in [5.74, 6) is 0.965. The molecule has 0 spiro atoms. The van der Waals surface area contributed by atoms with Gasteiger partial charge < -0.3 is 0 Å². The van der Waals surface area contributed by atoms with Crippen molar-refractivity contribution in [2.45, 2.75) is 37.0 Å². The number of fused-ring (bicyclic) bond motifs is 1. The molecule has 0 radical (unpaired) electrons. The molecule has 0 amide bonds. The van der Waals surface area contributed by atoms with E-state index in [0.29, 0.717) is 0 Å². The fourth-order valence-electron chi connectivity index (χ4n) is 2.33. The number of hydrogen-bond acceptors (Lipinski definition) is 2. The summed E-state index contributed by atoms with van der Waals surface area (Å²) in [7, 11) is 0. The molecule has 0 bridgehead atoms. The van der Waals surface area contributed by atoms with Crippen molar-refractivity contribution < 1.29 is 0 Å². The summed E-state index contributed by atoms with van der Waals surface area (Å²) in [6, 6.07) is 16.8. The fourth-order valence-corrected chi connectivity index (χ4v) is 3.60. The van der Waals surface area contributed by atoms with Gasteiger partial charge in [0.05, 0.1) is 5.69 Å². The first-order valence-electron chi connectivity index (χ1n) is 7.20. The van der Waals surface area contributed by atoms with Crippen LogP contribution in [0.1, 0.15) is 32.0 Å². The van der Waals surface area contributed by atoms with Crippen LogP contribution in [-0.4, -0.2) is 9.38 Å². The van der Waals surface area contributed by atoms with Gasteiger partial charge in [-0.1, -0.05) is 57.2 Å². The molecule has 108 valence electrons. The number of aromatic nitrogens is 2. The molecule has 2 aromatic heterocycles. The Morgan fingerprint density at radius 2 is 1.71 bits per heavy atom. The van der Waals surface area contributed by atoms with Gasteiger partial charge in [0.25, 0.3) is 0 Å². The summed E-state index contributed by atoms with van der Waals surface area (Å²) < 4.78 is 2.20. The third kappa shape index (κ3) is 2.98. The van der Waals surface area contributed by atoms with Gasteiger partial charge in [-0.25, -0.2) is 4.98 Å². The Morgan fingerprint density at radius 1 is 1.00 bits per heavy atom. The van der Waals surface area contributed by atoms with Crippen molar-refractivity contribution in [1.82, 2.24) is 9.38 Å².